The molecule has 1 N–H and O–H groups in total. The second kappa shape index (κ2) is 6.99. The van der Waals surface area contributed by atoms with Crippen molar-refractivity contribution in [2.24, 2.45) is 11.8 Å². The van der Waals surface area contributed by atoms with Gasteiger partial charge in [-0.1, -0.05) is 23.4 Å². The summed E-state index contributed by atoms with van der Waals surface area (Å²) in [5.41, 5.74) is 1.26. The van der Waals surface area contributed by atoms with Crippen LogP contribution in [0.15, 0.2) is 36.5 Å². The van der Waals surface area contributed by atoms with Gasteiger partial charge in [0.2, 0.25) is 5.91 Å². The van der Waals surface area contributed by atoms with E-state index < -0.39 is 0 Å². The molecule has 1 aromatic carbocycles. The van der Waals surface area contributed by atoms with Gasteiger partial charge >= 0.3 is 0 Å². The fraction of sp³-hybridized carbons (Fsp3) is 0.474. The van der Waals surface area contributed by atoms with Crippen molar-refractivity contribution in [3.05, 3.63) is 42.2 Å². The summed E-state index contributed by atoms with van der Waals surface area (Å²) in [5.74, 6) is 0.469. The molecule has 136 valence electrons. The van der Waals surface area contributed by atoms with E-state index in [0.717, 1.165) is 31.6 Å². The number of amides is 1. The summed E-state index contributed by atoms with van der Waals surface area (Å²) < 4.78 is 1.75. The summed E-state index contributed by atoms with van der Waals surface area (Å²) in [6.45, 7) is 4.00. The molecule has 3 saturated heterocycles. The van der Waals surface area contributed by atoms with Crippen LogP contribution in [0.25, 0.3) is 0 Å². The Balaban J connectivity index is 1.39. The van der Waals surface area contributed by atoms with E-state index >= 15 is 0 Å². The van der Waals surface area contributed by atoms with Crippen LogP contribution in [0.1, 0.15) is 30.3 Å². The first kappa shape index (κ1) is 16.9. The maximum Gasteiger partial charge on any atom is 0.229 e. The van der Waals surface area contributed by atoms with Gasteiger partial charge in [-0.05, 0) is 37.4 Å². The molecule has 0 radical (unpaired) electrons. The van der Waals surface area contributed by atoms with Gasteiger partial charge in [-0.15, -0.1) is 5.10 Å². The van der Waals surface area contributed by atoms with Gasteiger partial charge in [0.1, 0.15) is 5.69 Å². The van der Waals surface area contributed by atoms with Crippen LogP contribution in [0.3, 0.4) is 0 Å². The van der Waals surface area contributed by atoms with Crippen LogP contribution in [-0.4, -0.2) is 50.7 Å². The number of fused-ring (bicyclic) bond motifs is 3. The maximum absolute atomic E-state index is 12.7. The zero-order valence-electron chi connectivity index (χ0n) is 14.8. The van der Waals surface area contributed by atoms with Crippen molar-refractivity contribution in [3.63, 3.8) is 0 Å². The Hall–Kier alpha value is -2.54. The van der Waals surface area contributed by atoms with Crippen LogP contribution in [0.5, 0.6) is 0 Å². The fourth-order valence-corrected chi connectivity index (χ4v) is 4.15. The molecule has 0 aliphatic carbocycles. The van der Waals surface area contributed by atoms with Gasteiger partial charge < -0.3 is 5.32 Å². The highest BCUT2D eigenvalue weighted by Gasteiger charge is 2.43. The number of aromatic nitrogens is 3. The fourth-order valence-electron chi connectivity index (χ4n) is 4.15. The van der Waals surface area contributed by atoms with Gasteiger partial charge in [-0.2, -0.15) is 0 Å². The predicted molar refractivity (Wildman–Crippen MR) is 96.7 cm³/mol. The smallest absolute Gasteiger partial charge is 0.229 e. The van der Waals surface area contributed by atoms with E-state index in [1.165, 1.54) is 6.92 Å². The Kier molecular flexibility index (Phi) is 4.55. The average molecular weight is 353 g/mol. The first-order chi connectivity index (χ1) is 12.6. The SMILES string of the molecule is CC(=O)c1cn(CC2CC3CCN2CC3C(=O)Nc2ccccc2)nn1. The molecule has 26 heavy (non-hydrogen) atoms. The van der Waals surface area contributed by atoms with Crippen molar-refractivity contribution < 1.29 is 9.59 Å². The predicted octanol–water partition coefficient (Wildman–Crippen LogP) is 1.83. The van der Waals surface area contributed by atoms with E-state index in [4.69, 9.17) is 0 Å². The third-order valence-electron chi connectivity index (χ3n) is 5.55. The molecule has 1 amide bonds. The minimum atomic E-state index is -0.0700. The Bertz CT molecular complexity index is 803. The number of ketones is 1. The number of piperidine rings is 3. The van der Waals surface area contributed by atoms with E-state index in [1.54, 1.807) is 10.9 Å². The number of Topliss-reactive ketones (excluding diaryl/α,β-unsaturated/α-hetero) is 1. The summed E-state index contributed by atoms with van der Waals surface area (Å²) in [4.78, 5) is 26.5. The van der Waals surface area contributed by atoms with Crippen LogP contribution in [-0.2, 0) is 11.3 Å². The number of carbonyl (C=O) groups is 2. The molecule has 4 unspecified atom stereocenters. The molecule has 4 atom stereocenters. The number of anilines is 1. The number of hydrogen-bond acceptors (Lipinski definition) is 5. The zero-order chi connectivity index (χ0) is 18.1. The lowest BCUT2D eigenvalue weighted by Gasteiger charge is -2.49. The number of nitrogens with one attached hydrogen (secondary N) is 1. The number of nitrogens with zero attached hydrogens (tertiary/aromatic N) is 4. The van der Waals surface area contributed by atoms with Crippen LogP contribution < -0.4 is 5.32 Å². The van der Waals surface area contributed by atoms with Crippen molar-refractivity contribution in [2.75, 3.05) is 18.4 Å². The Morgan fingerprint density at radius 2 is 2.08 bits per heavy atom. The molecular weight excluding hydrogens is 330 g/mol. The standard InChI is InChI=1S/C19H23N5O2/c1-13(25)18-12-24(22-21-18)10-16-9-14-7-8-23(16)11-17(14)19(26)20-15-5-3-2-4-6-15/h2-6,12,14,16-17H,7-11H2,1H3,(H,20,26). The summed E-state index contributed by atoms with van der Waals surface area (Å²) >= 11 is 0. The van der Waals surface area contributed by atoms with Crippen molar-refractivity contribution in [1.82, 2.24) is 19.9 Å². The van der Waals surface area contributed by atoms with Gasteiger partial charge in [-0.3, -0.25) is 19.2 Å². The van der Waals surface area contributed by atoms with Gasteiger partial charge in [0.05, 0.1) is 18.7 Å². The van der Waals surface area contributed by atoms with E-state index in [2.05, 4.69) is 20.5 Å². The van der Waals surface area contributed by atoms with E-state index in [0.29, 0.717) is 24.2 Å². The first-order valence-electron chi connectivity index (χ1n) is 9.11. The topological polar surface area (TPSA) is 80.1 Å². The quantitative estimate of drug-likeness (QED) is 0.830. The van der Waals surface area contributed by atoms with Gasteiger partial charge in [0.25, 0.3) is 0 Å². The summed E-state index contributed by atoms with van der Waals surface area (Å²) in [7, 11) is 0. The van der Waals surface area contributed by atoms with E-state index in [9.17, 15) is 9.59 Å². The Labute approximate surface area is 152 Å². The number of rotatable bonds is 5. The molecule has 7 nitrogen and oxygen atoms in total. The molecule has 4 heterocycles. The van der Waals surface area contributed by atoms with E-state index in [-0.39, 0.29) is 17.6 Å². The van der Waals surface area contributed by atoms with Gasteiger partial charge in [0, 0.05) is 25.2 Å². The number of para-hydroxylation sites is 1. The molecule has 2 aromatic rings. The van der Waals surface area contributed by atoms with Crippen LogP contribution >= 0.6 is 0 Å². The highest BCUT2D eigenvalue weighted by Crippen LogP contribution is 2.37. The lowest BCUT2D eigenvalue weighted by atomic mass is 9.75. The second-order valence-electron chi connectivity index (χ2n) is 7.28. The molecule has 1 aromatic heterocycles. The molecular formula is C19H23N5O2. The minimum absolute atomic E-state index is 0.0312. The third kappa shape index (κ3) is 3.39. The normalized spacial score (nSPS) is 27.3. The lowest BCUT2D eigenvalue weighted by molar-refractivity contribution is -0.127. The number of benzene rings is 1. The first-order valence-corrected chi connectivity index (χ1v) is 9.11. The Morgan fingerprint density at radius 1 is 1.27 bits per heavy atom. The molecule has 3 aliphatic heterocycles. The largest absolute Gasteiger partial charge is 0.326 e. The van der Waals surface area contributed by atoms with E-state index in [1.807, 2.05) is 30.3 Å². The second-order valence-corrected chi connectivity index (χ2v) is 7.28. The molecule has 3 aliphatic rings. The summed E-state index contributed by atoms with van der Waals surface area (Å²) in [5, 5.41) is 11.0. The number of carbonyl (C=O) groups excluding carboxylic acids is 2. The monoisotopic (exact) mass is 353 g/mol. The van der Waals surface area contributed by atoms with Crippen LogP contribution in [0.2, 0.25) is 0 Å². The molecule has 5 rings (SSSR count). The van der Waals surface area contributed by atoms with Crippen LogP contribution in [0.4, 0.5) is 5.69 Å². The van der Waals surface area contributed by atoms with Crippen molar-refractivity contribution >= 4 is 17.4 Å². The molecule has 2 bridgehead atoms. The molecule has 7 heteroatoms. The van der Waals surface area contributed by atoms with Crippen LogP contribution in [0, 0.1) is 11.8 Å². The summed E-state index contributed by atoms with van der Waals surface area (Å²) in [6, 6.07) is 9.97. The van der Waals surface area contributed by atoms with Gasteiger partial charge in [0.15, 0.2) is 5.78 Å². The highest BCUT2D eigenvalue weighted by atomic mass is 16.2. The van der Waals surface area contributed by atoms with Crippen molar-refractivity contribution in [2.45, 2.75) is 32.4 Å². The Morgan fingerprint density at radius 3 is 2.73 bits per heavy atom. The van der Waals surface area contributed by atoms with Crippen molar-refractivity contribution in [1.29, 1.82) is 0 Å². The third-order valence-corrected chi connectivity index (χ3v) is 5.55. The minimum Gasteiger partial charge on any atom is -0.326 e. The summed E-state index contributed by atoms with van der Waals surface area (Å²) in [6.07, 6.45) is 3.74. The maximum atomic E-state index is 12.7. The van der Waals surface area contributed by atoms with Crippen molar-refractivity contribution in [3.8, 4) is 0 Å². The molecule has 0 saturated carbocycles. The highest BCUT2D eigenvalue weighted by molar-refractivity contribution is 5.93. The number of hydrogen-bond donors (Lipinski definition) is 1. The van der Waals surface area contributed by atoms with Gasteiger partial charge in [-0.25, -0.2) is 0 Å². The molecule has 3 fully saturated rings. The zero-order valence-corrected chi connectivity index (χ0v) is 14.8. The lowest BCUT2D eigenvalue weighted by Crippen LogP contribution is -2.57. The molecule has 0 spiro atoms. The average Bonchev–Trinajstić information content (AvgIpc) is 3.12.